The molecule has 1 aliphatic heterocycles. The van der Waals surface area contributed by atoms with Gasteiger partial charge in [-0.15, -0.1) is 0 Å². The first-order chi connectivity index (χ1) is 22.0. The minimum atomic E-state index is -1.83. The van der Waals surface area contributed by atoms with Crippen LogP contribution in [0.3, 0.4) is 0 Å². The van der Waals surface area contributed by atoms with Crippen LogP contribution < -0.4 is 0 Å². The molecule has 1 saturated heterocycles. The van der Waals surface area contributed by atoms with Crippen molar-refractivity contribution in [3.05, 3.63) is 35.9 Å². The number of ether oxygens (including phenoxy) is 6. The highest BCUT2D eigenvalue weighted by molar-refractivity contribution is 5.89. The number of methoxy groups -OCH3 is 4. The second-order valence-electron chi connectivity index (χ2n) is 14.4. The molecule has 7 bridgehead atoms. The van der Waals surface area contributed by atoms with Gasteiger partial charge in [0.2, 0.25) is 0 Å². The molecule has 254 valence electrons. The Hall–Kier alpha value is -2.16. The summed E-state index contributed by atoms with van der Waals surface area (Å²) >= 11 is 0. The summed E-state index contributed by atoms with van der Waals surface area (Å²) in [6.45, 7) is 4.68. The number of likely N-dealkylation sites (tertiary alicyclic amines) is 1. The molecule has 0 amide bonds. The van der Waals surface area contributed by atoms with Crippen molar-refractivity contribution in [2.24, 2.45) is 34.5 Å². The number of fused-ring (bicyclic) bond motifs is 2. The van der Waals surface area contributed by atoms with Crippen LogP contribution in [0.5, 0.6) is 0 Å². The highest BCUT2D eigenvalue weighted by Gasteiger charge is 2.92. The van der Waals surface area contributed by atoms with E-state index in [-0.39, 0.29) is 25.0 Å². The van der Waals surface area contributed by atoms with Gasteiger partial charge in [0, 0.05) is 83.0 Å². The number of hydrogen-bond donors (Lipinski definition) is 3. The van der Waals surface area contributed by atoms with Gasteiger partial charge in [-0.1, -0.05) is 25.1 Å². The molecule has 12 heteroatoms. The lowest BCUT2D eigenvalue weighted by molar-refractivity contribution is -0.322. The molecule has 6 fully saturated rings. The number of esters is 2. The molecule has 1 aromatic rings. The lowest BCUT2D eigenvalue weighted by Crippen LogP contribution is -2.81. The normalized spacial score (nSPS) is 49.9. The molecule has 15 atom stereocenters. The smallest absolute Gasteiger partial charge is 0.338 e. The van der Waals surface area contributed by atoms with Crippen LogP contribution in [0.4, 0.5) is 0 Å². The minimum Gasteiger partial charge on any atom is -0.455 e. The number of aliphatic hydroxyl groups excluding tert-OH is 2. The molecule has 0 unspecified atom stereocenters. The number of rotatable bonds is 9. The van der Waals surface area contributed by atoms with Crippen LogP contribution in [0.25, 0.3) is 0 Å². The van der Waals surface area contributed by atoms with Gasteiger partial charge in [-0.2, -0.15) is 0 Å². The molecule has 1 aromatic carbocycles. The summed E-state index contributed by atoms with van der Waals surface area (Å²) in [5.41, 5.74) is -4.79. The third kappa shape index (κ3) is 3.62. The summed E-state index contributed by atoms with van der Waals surface area (Å²) in [6.07, 6.45) is -5.49. The number of piperidine rings is 1. The average molecular weight is 646 g/mol. The molecular weight excluding hydrogens is 598 g/mol. The van der Waals surface area contributed by atoms with E-state index in [1.165, 1.54) is 14.0 Å². The van der Waals surface area contributed by atoms with Gasteiger partial charge in [-0.25, -0.2) is 4.79 Å². The van der Waals surface area contributed by atoms with Crippen molar-refractivity contribution in [3.8, 4) is 0 Å². The molecule has 5 saturated carbocycles. The predicted molar refractivity (Wildman–Crippen MR) is 160 cm³/mol. The molecule has 5 aliphatic carbocycles. The second-order valence-corrected chi connectivity index (χ2v) is 14.4. The van der Waals surface area contributed by atoms with Gasteiger partial charge in [0.1, 0.15) is 23.9 Å². The van der Waals surface area contributed by atoms with Crippen LogP contribution in [0, 0.1) is 34.5 Å². The Morgan fingerprint density at radius 3 is 2.30 bits per heavy atom. The molecule has 12 nitrogen and oxygen atoms in total. The van der Waals surface area contributed by atoms with E-state index in [0.29, 0.717) is 25.1 Å². The van der Waals surface area contributed by atoms with Crippen LogP contribution in [0.1, 0.15) is 37.0 Å². The Kier molecular flexibility index (Phi) is 7.69. The van der Waals surface area contributed by atoms with E-state index in [4.69, 9.17) is 28.4 Å². The second kappa shape index (κ2) is 10.9. The van der Waals surface area contributed by atoms with Gasteiger partial charge < -0.3 is 43.7 Å². The summed E-state index contributed by atoms with van der Waals surface area (Å²) in [5, 5.41) is 37.3. The van der Waals surface area contributed by atoms with Crippen LogP contribution >= 0.6 is 0 Å². The first kappa shape index (κ1) is 32.4. The summed E-state index contributed by atoms with van der Waals surface area (Å²) in [7, 11) is 6.27. The molecule has 0 radical (unpaired) electrons. The third-order valence-corrected chi connectivity index (χ3v) is 13.2. The van der Waals surface area contributed by atoms with E-state index in [2.05, 4.69) is 4.90 Å². The van der Waals surface area contributed by atoms with Crippen molar-refractivity contribution in [2.45, 2.75) is 80.6 Å². The van der Waals surface area contributed by atoms with Gasteiger partial charge in [0.15, 0.2) is 5.60 Å². The minimum absolute atomic E-state index is 0.0791. The van der Waals surface area contributed by atoms with E-state index in [9.17, 15) is 24.9 Å². The molecular formula is C34H47NO11. The van der Waals surface area contributed by atoms with E-state index in [1.807, 2.05) is 6.92 Å². The Morgan fingerprint density at radius 1 is 1.00 bits per heavy atom. The monoisotopic (exact) mass is 645 g/mol. The number of nitrogens with zero attached hydrogens (tertiary/aromatic N) is 1. The standard InChI is InChI=1S/C34H47NO11/c1-7-35-15-31(16-41-3)20(37)13-21(42-4)33-19-14-32(40)28(45-30(39)18-11-9-8-10-12-18)22(19)34(46-17(2)36,27(38)29(32)44-6)23(26(33)35)24(43-5)25(31)33/h8-12,19-29,37-38,40H,7,13-16H2,1-6H3/t19-,20+,21-,22-,23+,24+,25-,26-,27-,28-,29-,31+,32-,33+,34-/m0/s1. The number of aliphatic hydroxyl groups is 3. The van der Waals surface area contributed by atoms with Gasteiger partial charge in [-0.05, 0) is 31.0 Å². The Morgan fingerprint density at radius 2 is 1.72 bits per heavy atom. The van der Waals surface area contributed by atoms with Gasteiger partial charge >= 0.3 is 11.9 Å². The zero-order chi connectivity index (χ0) is 33.0. The molecule has 1 heterocycles. The van der Waals surface area contributed by atoms with Crippen LogP contribution in [-0.4, -0.2) is 134 Å². The summed E-state index contributed by atoms with van der Waals surface area (Å²) in [5.74, 6) is -3.65. The van der Waals surface area contributed by atoms with Crippen molar-refractivity contribution < 1.29 is 53.3 Å². The maximum absolute atomic E-state index is 13.8. The lowest BCUT2D eigenvalue weighted by Gasteiger charge is -2.70. The molecule has 7 rings (SSSR count). The molecule has 3 N–H and O–H groups in total. The Labute approximate surface area is 269 Å². The first-order valence-corrected chi connectivity index (χ1v) is 16.3. The van der Waals surface area contributed by atoms with E-state index in [0.717, 1.165) is 0 Å². The van der Waals surface area contributed by atoms with Crippen molar-refractivity contribution in [1.82, 2.24) is 4.90 Å². The fourth-order valence-corrected chi connectivity index (χ4v) is 12.3. The van der Waals surface area contributed by atoms with Crippen LogP contribution in [0.15, 0.2) is 30.3 Å². The zero-order valence-electron chi connectivity index (χ0n) is 27.3. The number of carbonyl (C=O) groups is 2. The maximum Gasteiger partial charge on any atom is 0.338 e. The van der Waals surface area contributed by atoms with E-state index >= 15 is 0 Å². The third-order valence-electron chi connectivity index (χ3n) is 13.2. The van der Waals surface area contributed by atoms with E-state index < -0.39 is 88.3 Å². The van der Waals surface area contributed by atoms with Crippen molar-refractivity contribution in [3.63, 3.8) is 0 Å². The summed E-state index contributed by atoms with van der Waals surface area (Å²) < 4.78 is 37.4. The van der Waals surface area contributed by atoms with Gasteiger partial charge in [0.25, 0.3) is 0 Å². The van der Waals surface area contributed by atoms with Gasteiger partial charge in [0.05, 0.1) is 30.5 Å². The Balaban J connectivity index is 1.53. The largest absolute Gasteiger partial charge is 0.455 e. The average Bonchev–Trinajstić information content (AvgIpc) is 3.41. The van der Waals surface area contributed by atoms with Crippen molar-refractivity contribution in [1.29, 1.82) is 0 Å². The summed E-state index contributed by atoms with van der Waals surface area (Å²) in [4.78, 5) is 29.3. The number of hydrogen-bond acceptors (Lipinski definition) is 12. The molecule has 46 heavy (non-hydrogen) atoms. The maximum atomic E-state index is 13.8. The molecule has 6 aliphatic rings. The highest BCUT2D eigenvalue weighted by Crippen LogP contribution is 2.80. The number of benzene rings is 1. The van der Waals surface area contributed by atoms with Crippen molar-refractivity contribution >= 4 is 11.9 Å². The SMILES string of the molecule is CCN1C[C@@]2(COC)[C@H](O)C[C@H](OC)[C@@]34[C@@H]1[C@@H]([C@@H](OC)[C@@H]23)[C@@]1(OC(C)=O)[C@@H]2[C@H](OC(=O)c3ccccc3)[C@@](O)(C[C@@H]24)[C@@H](OC)[C@@H]1O. The fourth-order valence-electron chi connectivity index (χ4n) is 12.3. The summed E-state index contributed by atoms with van der Waals surface area (Å²) in [6, 6.07) is 8.18. The number of carbonyl (C=O) groups excluding carboxylic acids is 2. The highest BCUT2D eigenvalue weighted by atomic mass is 16.6. The topological polar surface area (TPSA) is 153 Å². The van der Waals surface area contributed by atoms with Crippen molar-refractivity contribution in [2.75, 3.05) is 48.1 Å². The zero-order valence-corrected chi connectivity index (χ0v) is 27.3. The quantitative estimate of drug-likeness (QED) is 0.323. The fraction of sp³-hybridized carbons (Fsp3) is 0.765. The van der Waals surface area contributed by atoms with E-state index in [1.54, 1.807) is 51.7 Å². The first-order valence-electron chi connectivity index (χ1n) is 16.3. The predicted octanol–water partition coefficient (Wildman–Crippen LogP) is 0.648. The van der Waals surface area contributed by atoms with Gasteiger partial charge in [-0.3, -0.25) is 9.69 Å². The lowest BCUT2D eigenvalue weighted by atomic mass is 9.42. The van der Waals surface area contributed by atoms with Crippen LogP contribution in [0.2, 0.25) is 0 Å². The molecule has 1 spiro atoms. The Bertz CT molecular complexity index is 1360. The van der Waals surface area contributed by atoms with Crippen LogP contribution in [-0.2, 0) is 33.2 Å². The molecule has 0 aromatic heterocycles.